The minimum Gasteiger partial charge on any atom is -0.331 e. The number of hydrogen-bond donors (Lipinski definition) is 2. The van der Waals surface area contributed by atoms with Gasteiger partial charge < -0.3 is 9.97 Å². The molecule has 0 bridgehead atoms. The summed E-state index contributed by atoms with van der Waals surface area (Å²) in [5.74, 6) is 0. The fraction of sp³-hybridized carbons (Fsp3) is 0. The van der Waals surface area contributed by atoms with Gasteiger partial charge in [-0.15, -0.1) is 0 Å². The highest BCUT2D eigenvalue weighted by molar-refractivity contribution is 7.71. The average molecular weight is 160 g/mol. The summed E-state index contributed by atoms with van der Waals surface area (Å²) in [6, 6.07) is 5.58. The van der Waals surface area contributed by atoms with E-state index in [2.05, 4.69) is 9.97 Å². The molecular formula is C7H5BN2S. The van der Waals surface area contributed by atoms with Crippen molar-refractivity contribution in [1.29, 1.82) is 0 Å². The highest BCUT2D eigenvalue weighted by atomic mass is 32.1. The van der Waals surface area contributed by atoms with Crippen molar-refractivity contribution in [3.05, 3.63) is 23.0 Å². The minimum absolute atomic E-state index is 0.630. The van der Waals surface area contributed by atoms with Crippen molar-refractivity contribution in [2.75, 3.05) is 0 Å². The molecule has 0 saturated carbocycles. The Hall–Kier alpha value is -1.03. The van der Waals surface area contributed by atoms with Gasteiger partial charge in [0.15, 0.2) is 4.77 Å². The summed E-state index contributed by atoms with van der Waals surface area (Å²) >= 11 is 4.90. The molecule has 1 aromatic carbocycles. The number of aromatic amines is 2. The molecule has 0 spiro atoms. The van der Waals surface area contributed by atoms with Crippen LogP contribution in [0.25, 0.3) is 11.0 Å². The van der Waals surface area contributed by atoms with E-state index >= 15 is 0 Å². The molecule has 11 heavy (non-hydrogen) atoms. The van der Waals surface area contributed by atoms with Gasteiger partial charge in [0.25, 0.3) is 0 Å². The second-order valence-corrected chi connectivity index (χ2v) is 2.79. The second kappa shape index (κ2) is 2.24. The van der Waals surface area contributed by atoms with Crippen LogP contribution in [0, 0.1) is 4.77 Å². The molecule has 0 aliphatic carbocycles. The predicted molar refractivity (Wildman–Crippen MR) is 48.9 cm³/mol. The van der Waals surface area contributed by atoms with Gasteiger partial charge in [0.2, 0.25) is 0 Å². The first-order valence-electron chi connectivity index (χ1n) is 3.23. The summed E-state index contributed by atoms with van der Waals surface area (Å²) in [5.41, 5.74) is 2.68. The Labute approximate surface area is 70.1 Å². The largest absolute Gasteiger partial charge is 0.331 e. The zero-order valence-corrected chi connectivity index (χ0v) is 6.53. The molecule has 2 aromatic rings. The molecule has 0 saturated heterocycles. The maximum Gasteiger partial charge on any atom is 0.175 e. The number of nitrogens with one attached hydrogen (secondary N) is 2. The summed E-state index contributed by atoms with van der Waals surface area (Å²) in [4.78, 5) is 5.97. The Morgan fingerprint density at radius 3 is 2.73 bits per heavy atom. The van der Waals surface area contributed by atoms with E-state index in [9.17, 15) is 0 Å². The maximum absolute atomic E-state index is 5.57. The van der Waals surface area contributed by atoms with E-state index < -0.39 is 0 Å². The molecule has 0 amide bonds. The Morgan fingerprint density at radius 2 is 1.91 bits per heavy atom. The van der Waals surface area contributed by atoms with Gasteiger partial charge in [0.05, 0.1) is 11.0 Å². The monoisotopic (exact) mass is 160 g/mol. The zero-order chi connectivity index (χ0) is 7.84. The summed E-state index contributed by atoms with van der Waals surface area (Å²) < 4.78 is 0.630. The Balaban J connectivity index is 2.92. The van der Waals surface area contributed by atoms with Gasteiger partial charge in [0, 0.05) is 0 Å². The third-order valence-corrected chi connectivity index (χ3v) is 1.74. The normalized spacial score (nSPS) is 10.5. The van der Waals surface area contributed by atoms with Crippen LogP contribution in [0.3, 0.4) is 0 Å². The lowest BCUT2D eigenvalue weighted by atomic mass is 9.96. The third-order valence-electron chi connectivity index (χ3n) is 1.54. The smallest absolute Gasteiger partial charge is 0.175 e. The van der Waals surface area contributed by atoms with Crippen molar-refractivity contribution in [2.24, 2.45) is 0 Å². The molecule has 1 heterocycles. The molecular weight excluding hydrogens is 155 g/mol. The molecule has 0 aliphatic rings. The molecule has 52 valence electrons. The van der Waals surface area contributed by atoms with Gasteiger partial charge in [0.1, 0.15) is 7.85 Å². The highest BCUT2D eigenvalue weighted by Crippen LogP contribution is 2.05. The van der Waals surface area contributed by atoms with Crippen LogP contribution in [-0.4, -0.2) is 17.8 Å². The van der Waals surface area contributed by atoms with Crippen molar-refractivity contribution in [2.45, 2.75) is 0 Å². The van der Waals surface area contributed by atoms with Crippen LogP contribution in [0.2, 0.25) is 0 Å². The molecule has 2 N–H and O–H groups in total. The molecule has 2 rings (SSSR count). The number of H-pyrrole nitrogens is 2. The average Bonchev–Trinajstić information content (AvgIpc) is 2.27. The summed E-state index contributed by atoms with van der Waals surface area (Å²) in [6.07, 6.45) is 0. The van der Waals surface area contributed by atoms with E-state index in [-0.39, 0.29) is 0 Å². The SMILES string of the molecule is [B]c1ccc2[nH]c(=S)[nH]c2c1. The molecule has 4 heteroatoms. The van der Waals surface area contributed by atoms with E-state index in [0.29, 0.717) is 4.77 Å². The molecule has 0 unspecified atom stereocenters. The summed E-state index contributed by atoms with van der Waals surface area (Å²) in [7, 11) is 5.57. The fourth-order valence-corrected chi connectivity index (χ4v) is 1.27. The number of rotatable bonds is 0. The standard InChI is InChI=1S/C7H5BN2S/c8-4-1-2-5-6(3-4)10-7(11)9-5/h1-3H,(H2,9,10,11). The molecule has 1 aromatic heterocycles. The first kappa shape index (κ1) is 6.67. The third kappa shape index (κ3) is 1.09. The highest BCUT2D eigenvalue weighted by Gasteiger charge is 1.93. The van der Waals surface area contributed by atoms with E-state index in [4.69, 9.17) is 20.1 Å². The van der Waals surface area contributed by atoms with Crippen molar-refractivity contribution in [3.8, 4) is 0 Å². The van der Waals surface area contributed by atoms with Gasteiger partial charge in [-0.25, -0.2) is 0 Å². The number of fused-ring (bicyclic) bond motifs is 1. The van der Waals surface area contributed by atoms with E-state index in [1.165, 1.54) is 0 Å². The van der Waals surface area contributed by atoms with E-state index in [1.807, 2.05) is 18.2 Å². The van der Waals surface area contributed by atoms with Crippen LogP contribution in [0.15, 0.2) is 18.2 Å². The van der Waals surface area contributed by atoms with Crippen LogP contribution >= 0.6 is 12.2 Å². The van der Waals surface area contributed by atoms with E-state index in [0.717, 1.165) is 16.5 Å². The molecule has 0 atom stereocenters. The minimum atomic E-state index is 0.630. The predicted octanol–water partition coefficient (Wildman–Crippen LogP) is 1.02. The lowest BCUT2D eigenvalue weighted by molar-refractivity contribution is 1.30. The summed E-state index contributed by atoms with van der Waals surface area (Å²) in [5, 5.41) is 0. The van der Waals surface area contributed by atoms with Gasteiger partial charge in [-0.3, -0.25) is 0 Å². The maximum atomic E-state index is 5.57. The van der Waals surface area contributed by atoms with Gasteiger partial charge in [-0.1, -0.05) is 11.5 Å². The van der Waals surface area contributed by atoms with Crippen LogP contribution in [0.4, 0.5) is 0 Å². The van der Waals surface area contributed by atoms with E-state index in [1.54, 1.807) is 0 Å². The number of benzene rings is 1. The topological polar surface area (TPSA) is 31.6 Å². The number of hydrogen-bond acceptors (Lipinski definition) is 1. The molecule has 2 radical (unpaired) electrons. The van der Waals surface area contributed by atoms with Crippen molar-refractivity contribution >= 4 is 36.6 Å². The fourth-order valence-electron chi connectivity index (χ4n) is 1.05. The van der Waals surface area contributed by atoms with Crippen LogP contribution in [-0.2, 0) is 0 Å². The summed E-state index contributed by atoms with van der Waals surface area (Å²) in [6.45, 7) is 0. The molecule has 2 nitrogen and oxygen atoms in total. The number of imidazole rings is 1. The first-order valence-corrected chi connectivity index (χ1v) is 3.64. The quantitative estimate of drug-likeness (QED) is 0.437. The van der Waals surface area contributed by atoms with Gasteiger partial charge in [-0.2, -0.15) is 0 Å². The zero-order valence-electron chi connectivity index (χ0n) is 5.72. The van der Waals surface area contributed by atoms with Crippen LogP contribution in [0.1, 0.15) is 0 Å². The lowest BCUT2D eigenvalue weighted by Gasteiger charge is -1.90. The van der Waals surface area contributed by atoms with Crippen LogP contribution < -0.4 is 5.46 Å². The Morgan fingerprint density at radius 1 is 1.18 bits per heavy atom. The molecule has 0 aliphatic heterocycles. The van der Waals surface area contributed by atoms with Crippen molar-refractivity contribution in [3.63, 3.8) is 0 Å². The molecule has 0 fully saturated rings. The van der Waals surface area contributed by atoms with Crippen molar-refractivity contribution < 1.29 is 0 Å². The van der Waals surface area contributed by atoms with Crippen molar-refractivity contribution in [1.82, 2.24) is 9.97 Å². The Bertz CT molecular complexity index is 443. The second-order valence-electron chi connectivity index (χ2n) is 2.38. The Kier molecular flexibility index (Phi) is 1.36. The first-order chi connectivity index (χ1) is 5.25. The number of aromatic nitrogens is 2. The lowest BCUT2D eigenvalue weighted by Crippen LogP contribution is -1.99. The van der Waals surface area contributed by atoms with Gasteiger partial charge >= 0.3 is 0 Å². The van der Waals surface area contributed by atoms with Gasteiger partial charge in [-0.05, 0) is 24.4 Å². The van der Waals surface area contributed by atoms with Crippen LogP contribution in [0.5, 0.6) is 0 Å².